The molecule has 0 aliphatic carbocycles. The van der Waals surface area contributed by atoms with Crippen molar-refractivity contribution in [3.63, 3.8) is 0 Å². The fourth-order valence-electron chi connectivity index (χ4n) is 3.45. The molecule has 0 saturated carbocycles. The first kappa shape index (κ1) is 17.4. The van der Waals surface area contributed by atoms with Crippen LogP contribution >= 0.6 is 0 Å². The molecule has 0 atom stereocenters. The standard InChI is InChI=1S/C12H14N2O2.C8H8N2O/c15-12-7-9-1-2-10(8-11(9)13-12)14-3-5-16-6-4-14;9-6-2-1-5-3-8(11)10-7(5)4-6/h1-2,8H,3-7H2,(H,13,15);1-2,4H,3,9H2,(H,10,11). The molecular formula is C20H22N4O3. The third-order valence-corrected chi connectivity index (χ3v) is 4.85. The molecule has 0 unspecified atom stereocenters. The van der Waals surface area contributed by atoms with Crippen LogP contribution in [-0.2, 0) is 27.2 Å². The lowest BCUT2D eigenvalue weighted by atomic mass is 10.1. The Morgan fingerprint density at radius 1 is 0.852 bits per heavy atom. The van der Waals surface area contributed by atoms with Crippen molar-refractivity contribution >= 4 is 34.6 Å². The predicted molar refractivity (Wildman–Crippen MR) is 105 cm³/mol. The van der Waals surface area contributed by atoms with Crippen LogP contribution in [0.1, 0.15) is 11.1 Å². The summed E-state index contributed by atoms with van der Waals surface area (Å²) in [6.45, 7) is 3.41. The van der Waals surface area contributed by atoms with Crippen molar-refractivity contribution in [2.75, 3.05) is 47.6 Å². The molecule has 0 aromatic heterocycles. The number of nitrogens with zero attached hydrogens (tertiary/aromatic N) is 1. The maximum atomic E-state index is 11.2. The maximum Gasteiger partial charge on any atom is 0.228 e. The van der Waals surface area contributed by atoms with E-state index < -0.39 is 0 Å². The van der Waals surface area contributed by atoms with E-state index in [4.69, 9.17) is 10.5 Å². The van der Waals surface area contributed by atoms with Gasteiger partial charge in [0, 0.05) is 35.8 Å². The highest BCUT2D eigenvalue weighted by atomic mass is 16.5. The summed E-state index contributed by atoms with van der Waals surface area (Å²) in [7, 11) is 0. The molecule has 2 amide bonds. The fourth-order valence-corrected chi connectivity index (χ4v) is 3.45. The van der Waals surface area contributed by atoms with Crippen LogP contribution in [0.2, 0.25) is 0 Å². The van der Waals surface area contributed by atoms with Crippen LogP contribution in [0.5, 0.6) is 0 Å². The quantitative estimate of drug-likeness (QED) is 0.669. The number of benzene rings is 2. The number of morpholine rings is 1. The van der Waals surface area contributed by atoms with Crippen LogP contribution in [0.15, 0.2) is 36.4 Å². The summed E-state index contributed by atoms with van der Waals surface area (Å²) in [5, 5.41) is 5.60. The Labute approximate surface area is 157 Å². The van der Waals surface area contributed by atoms with Crippen molar-refractivity contribution in [1.29, 1.82) is 0 Å². The summed E-state index contributed by atoms with van der Waals surface area (Å²) in [6.07, 6.45) is 0.994. The first-order valence-corrected chi connectivity index (χ1v) is 9.02. The highest BCUT2D eigenvalue weighted by Crippen LogP contribution is 2.28. The SMILES string of the molecule is Nc1ccc2c(c1)NC(=O)C2.O=C1Cc2ccc(N3CCOCC3)cc2N1. The average molecular weight is 366 g/mol. The molecule has 5 rings (SSSR count). The molecule has 27 heavy (non-hydrogen) atoms. The summed E-state index contributed by atoms with van der Waals surface area (Å²) >= 11 is 0. The Hall–Kier alpha value is -3.06. The first-order valence-electron chi connectivity index (χ1n) is 9.02. The van der Waals surface area contributed by atoms with Crippen LogP contribution in [0.4, 0.5) is 22.7 Å². The van der Waals surface area contributed by atoms with Gasteiger partial charge in [-0.2, -0.15) is 0 Å². The number of nitrogens with one attached hydrogen (secondary N) is 2. The Bertz CT molecular complexity index is 891. The molecule has 3 heterocycles. The summed E-state index contributed by atoms with van der Waals surface area (Å²) in [4.78, 5) is 24.4. The van der Waals surface area contributed by atoms with Crippen LogP contribution in [0, 0.1) is 0 Å². The van der Waals surface area contributed by atoms with Gasteiger partial charge in [-0.25, -0.2) is 0 Å². The monoisotopic (exact) mass is 366 g/mol. The van der Waals surface area contributed by atoms with Gasteiger partial charge in [0.1, 0.15) is 0 Å². The number of rotatable bonds is 1. The first-order chi connectivity index (χ1) is 13.1. The zero-order valence-corrected chi connectivity index (χ0v) is 15.0. The Kier molecular flexibility index (Phi) is 4.68. The van der Waals surface area contributed by atoms with Crippen LogP contribution < -0.4 is 21.3 Å². The molecule has 0 bridgehead atoms. The van der Waals surface area contributed by atoms with E-state index in [9.17, 15) is 9.59 Å². The summed E-state index contributed by atoms with van der Waals surface area (Å²) in [6, 6.07) is 11.6. The molecule has 3 aliphatic rings. The van der Waals surface area contributed by atoms with Crippen molar-refractivity contribution in [1.82, 2.24) is 0 Å². The third kappa shape index (κ3) is 3.88. The lowest BCUT2D eigenvalue weighted by molar-refractivity contribution is -0.115. The minimum Gasteiger partial charge on any atom is -0.399 e. The van der Waals surface area contributed by atoms with Gasteiger partial charge in [0.05, 0.1) is 26.1 Å². The largest absolute Gasteiger partial charge is 0.399 e. The number of carbonyl (C=O) groups is 2. The zero-order chi connectivity index (χ0) is 18.8. The van der Waals surface area contributed by atoms with E-state index in [0.29, 0.717) is 18.5 Å². The third-order valence-electron chi connectivity index (χ3n) is 4.85. The number of carbonyl (C=O) groups excluding carboxylic acids is 2. The highest BCUT2D eigenvalue weighted by Gasteiger charge is 2.19. The minimum atomic E-state index is 0.0469. The number of fused-ring (bicyclic) bond motifs is 2. The van der Waals surface area contributed by atoms with Crippen molar-refractivity contribution in [3.8, 4) is 0 Å². The summed E-state index contributed by atoms with van der Waals surface area (Å²) in [5.74, 6) is 0.139. The van der Waals surface area contributed by atoms with Crippen molar-refractivity contribution in [2.45, 2.75) is 12.8 Å². The molecule has 4 N–H and O–H groups in total. The zero-order valence-electron chi connectivity index (χ0n) is 15.0. The molecule has 140 valence electrons. The van der Waals surface area contributed by atoms with Gasteiger partial charge >= 0.3 is 0 Å². The number of anilines is 4. The molecule has 7 nitrogen and oxygen atoms in total. The second-order valence-corrected chi connectivity index (χ2v) is 6.81. The van der Waals surface area contributed by atoms with Crippen LogP contribution in [0.3, 0.4) is 0 Å². The normalized spacial score (nSPS) is 17.4. The molecule has 1 saturated heterocycles. The number of hydrogen-bond acceptors (Lipinski definition) is 5. The van der Waals surface area contributed by atoms with Gasteiger partial charge < -0.3 is 26.0 Å². The minimum absolute atomic E-state index is 0.0469. The second kappa shape index (κ2) is 7.28. The van der Waals surface area contributed by atoms with Gasteiger partial charge in [-0.1, -0.05) is 12.1 Å². The number of nitrogen functional groups attached to an aromatic ring is 1. The maximum absolute atomic E-state index is 11.2. The Morgan fingerprint density at radius 3 is 2.11 bits per heavy atom. The van der Waals surface area contributed by atoms with Gasteiger partial charge in [-0.3, -0.25) is 9.59 Å². The van der Waals surface area contributed by atoms with Gasteiger partial charge in [0.25, 0.3) is 0 Å². The Balaban J connectivity index is 0.000000143. The van der Waals surface area contributed by atoms with E-state index in [-0.39, 0.29) is 11.8 Å². The molecule has 7 heteroatoms. The molecule has 3 aliphatic heterocycles. The molecule has 1 fully saturated rings. The lowest BCUT2D eigenvalue weighted by Crippen LogP contribution is -2.36. The number of ether oxygens (including phenoxy) is 1. The number of amides is 2. The highest BCUT2D eigenvalue weighted by molar-refractivity contribution is 6.00. The van der Waals surface area contributed by atoms with Crippen LogP contribution in [0.25, 0.3) is 0 Å². The van der Waals surface area contributed by atoms with E-state index in [1.54, 1.807) is 12.1 Å². The van der Waals surface area contributed by atoms with Gasteiger partial charge in [-0.15, -0.1) is 0 Å². The lowest BCUT2D eigenvalue weighted by Gasteiger charge is -2.29. The molecule has 2 aromatic carbocycles. The smallest absolute Gasteiger partial charge is 0.228 e. The van der Waals surface area contributed by atoms with Gasteiger partial charge in [0.2, 0.25) is 11.8 Å². The van der Waals surface area contributed by atoms with E-state index in [1.165, 1.54) is 5.69 Å². The van der Waals surface area contributed by atoms with Crippen molar-refractivity contribution < 1.29 is 14.3 Å². The van der Waals surface area contributed by atoms with Crippen LogP contribution in [-0.4, -0.2) is 38.1 Å². The van der Waals surface area contributed by atoms with Gasteiger partial charge in [0.15, 0.2) is 0 Å². The number of hydrogen-bond donors (Lipinski definition) is 3. The van der Waals surface area contributed by atoms with Crippen molar-refractivity contribution in [2.24, 2.45) is 0 Å². The summed E-state index contributed by atoms with van der Waals surface area (Å²) in [5.41, 5.74) is 11.3. The van der Waals surface area contributed by atoms with E-state index in [1.807, 2.05) is 12.1 Å². The van der Waals surface area contributed by atoms with E-state index in [2.05, 4.69) is 27.7 Å². The van der Waals surface area contributed by atoms with E-state index >= 15 is 0 Å². The average Bonchev–Trinajstić information content (AvgIpc) is 3.22. The predicted octanol–water partition coefficient (Wildman–Crippen LogP) is 1.78. The molecular weight excluding hydrogens is 344 g/mol. The molecule has 0 spiro atoms. The number of nitrogens with two attached hydrogens (primary N) is 1. The molecule has 2 aromatic rings. The second-order valence-electron chi connectivity index (χ2n) is 6.81. The van der Waals surface area contributed by atoms with Gasteiger partial charge in [-0.05, 0) is 35.4 Å². The Morgan fingerprint density at radius 2 is 1.44 bits per heavy atom. The topological polar surface area (TPSA) is 96.7 Å². The fraction of sp³-hybridized carbons (Fsp3) is 0.300. The summed E-state index contributed by atoms with van der Waals surface area (Å²) < 4.78 is 5.32. The molecule has 0 radical (unpaired) electrons. The van der Waals surface area contributed by atoms with E-state index in [0.717, 1.165) is 48.8 Å². The van der Waals surface area contributed by atoms with Crippen molar-refractivity contribution in [3.05, 3.63) is 47.5 Å².